The molecule has 0 radical (unpaired) electrons. The molecule has 4 nitrogen and oxygen atoms in total. The van der Waals surface area contributed by atoms with Gasteiger partial charge in [0.1, 0.15) is 0 Å². The van der Waals surface area contributed by atoms with Crippen LogP contribution < -0.4 is 5.32 Å². The maximum absolute atomic E-state index is 10.5. The van der Waals surface area contributed by atoms with E-state index >= 15 is 0 Å². The molecule has 6 heteroatoms. The highest BCUT2D eigenvalue weighted by Gasteiger charge is 2.15. The van der Waals surface area contributed by atoms with Gasteiger partial charge in [-0.2, -0.15) is 11.8 Å². The van der Waals surface area contributed by atoms with Crippen molar-refractivity contribution in [1.82, 2.24) is 5.32 Å². The monoisotopic (exact) mass is 244 g/mol. The number of rotatable bonds is 4. The van der Waals surface area contributed by atoms with E-state index in [1.165, 1.54) is 23.5 Å². The lowest BCUT2D eigenvalue weighted by Gasteiger charge is -2.08. The van der Waals surface area contributed by atoms with Crippen molar-refractivity contribution in [1.29, 1.82) is 0 Å². The van der Waals surface area contributed by atoms with Crippen LogP contribution in [0.15, 0.2) is 12.1 Å². The summed E-state index contributed by atoms with van der Waals surface area (Å²) in [5.41, 5.74) is 0. The Morgan fingerprint density at radius 2 is 2.47 bits per heavy atom. The number of hydrogen-bond donors (Lipinski definition) is 1. The summed E-state index contributed by atoms with van der Waals surface area (Å²) < 4.78 is 0. The third-order valence-electron chi connectivity index (χ3n) is 2.32. The van der Waals surface area contributed by atoms with Gasteiger partial charge in [0.15, 0.2) is 0 Å². The van der Waals surface area contributed by atoms with Crippen LogP contribution in [0.1, 0.15) is 11.3 Å². The van der Waals surface area contributed by atoms with Crippen molar-refractivity contribution in [3.8, 4) is 0 Å². The van der Waals surface area contributed by atoms with Gasteiger partial charge in [-0.15, -0.1) is 0 Å². The molecule has 0 amide bonds. The minimum atomic E-state index is -0.334. The molecule has 1 aromatic heterocycles. The van der Waals surface area contributed by atoms with E-state index in [4.69, 9.17) is 0 Å². The molecular formula is C9H12N2O2S2. The standard InChI is InChI=1S/C9H12N2O2S2/c12-11(13)9-2-1-8(15-9)5-10-7-3-4-14-6-7/h1-2,7,10H,3-6H2. The number of hydrogen-bond acceptors (Lipinski definition) is 5. The van der Waals surface area contributed by atoms with Crippen LogP contribution in [0.25, 0.3) is 0 Å². The lowest BCUT2D eigenvalue weighted by molar-refractivity contribution is -0.380. The van der Waals surface area contributed by atoms with Crippen LogP contribution in [-0.2, 0) is 6.54 Å². The minimum absolute atomic E-state index is 0.229. The van der Waals surface area contributed by atoms with Crippen LogP contribution in [0.5, 0.6) is 0 Å². The Kier molecular flexibility index (Phi) is 3.61. The average Bonchev–Trinajstić information content (AvgIpc) is 2.86. The summed E-state index contributed by atoms with van der Waals surface area (Å²) in [6.45, 7) is 0.754. The Bertz CT molecular complexity index is 348. The predicted molar refractivity (Wildman–Crippen MR) is 63.5 cm³/mol. The van der Waals surface area contributed by atoms with E-state index < -0.39 is 0 Å². The molecule has 1 unspecified atom stereocenters. The van der Waals surface area contributed by atoms with Gasteiger partial charge in [-0.05, 0) is 18.2 Å². The van der Waals surface area contributed by atoms with E-state index in [0.29, 0.717) is 6.04 Å². The quantitative estimate of drug-likeness (QED) is 0.652. The number of nitrogens with zero attached hydrogens (tertiary/aromatic N) is 1. The molecule has 1 atom stereocenters. The smallest absolute Gasteiger partial charge is 0.308 e. The van der Waals surface area contributed by atoms with Crippen molar-refractivity contribution in [2.45, 2.75) is 19.0 Å². The Morgan fingerprint density at radius 1 is 1.60 bits per heavy atom. The molecule has 0 bridgehead atoms. The highest BCUT2D eigenvalue weighted by molar-refractivity contribution is 7.99. The first kappa shape index (κ1) is 10.9. The molecule has 15 heavy (non-hydrogen) atoms. The van der Waals surface area contributed by atoms with Crippen molar-refractivity contribution >= 4 is 28.1 Å². The first-order chi connectivity index (χ1) is 7.25. The summed E-state index contributed by atoms with van der Waals surface area (Å²) in [6.07, 6.45) is 1.21. The van der Waals surface area contributed by atoms with E-state index in [2.05, 4.69) is 5.32 Å². The third-order valence-corrected chi connectivity index (χ3v) is 4.52. The molecule has 2 heterocycles. The van der Waals surface area contributed by atoms with Crippen LogP contribution in [0.2, 0.25) is 0 Å². The van der Waals surface area contributed by atoms with Crippen LogP contribution >= 0.6 is 23.1 Å². The summed E-state index contributed by atoms with van der Waals surface area (Å²) in [7, 11) is 0. The van der Waals surface area contributed by atoms with E-state index in [-0.39, 0.29) is 9.92 Å². The van der Waals surface area contributed by atoms with Crippen LogP contribution in [0, 0.1) is 10.1 Å². The van der Waals surface area contributed by atoms with E-state index in [0.717, 1.165) is 17.2 Å². The third kappa shape index (κ3) is 2.93. The zero-order valence-electron chi connectivity index (χ0n) is 8.14. The van der Waals surface area contributed by atoms with Crippen LogP contribution in [0.3, 0.4) is 0 Å². The topological polar surface area (TPSA) is 55.2 Å². The average molecular weight is 244 g/mol. The van der Waals surface area contributed by atoms with Gasteiger partial charge in [0, 0.05) is 29.3 Å². The second-order valence-electron chi connectivity index (χ2n) is 3.44. The molecule has 1 aliphatic rings. The summed E-state index contributed by atoms with van der Waals surface area (Å²) in [6, 6.07) is 3.99. The molecule has 0 saturated carbocycles. The van der Waals surface area contributed by atoms with Gasteiger partial charge in [0.2, 0.25) is 0 Å². The first-order valence-corrected chi connectivity index (χ1v) is 6.77. The van der Waals surface area contributed by atoms with E-state index in [9.17, 15) is 10.1 Å². The van der Waals surface area contributed by atoms with Gasteiger partial charge in [0.05, 0.1) is 4.92 Å². The fourth-order valence-electron chi connectivity index (χ4n) is 1.50. The largest absolute Gasteiger partial charge is 0.324 e. The molecule has 1 aliphatic heterocycles. The summed E-state index contributed by atoms with van der Waals surface area (Å²) >= 11 is 3.22. The molecule has 82 valence electrons. The molecule has 0 spiro atoms. The molecule has 0 aliphatic carbocycles. The van der Waals surface area contributed by atoms with Crippen molar-refractivity contribution in [3.05, 3.63) is 27.1 Å². The predicted octanol–water partition coefficient (Wildman–Crippen LogP) is 2.25. The molecular weight excluding hydrogens is 232 g/mol. The van der Waals surface area contributed by atoms with Gasteiger partial charge in [-0.25, -0.2) is 0 Å². The Labute approximate surface area is 96.2 Å². The van der Waals surface area contributed by atoms with Gasteiger partial charge in [-0.1, -0.05) is 11.3 Å². The van der Waals surface area contributed by atoms with Crippen LogP contribution in [-0.4, -0.2) is 22.5 Å². The fraction of sp³-hybridized carbons (Fsp3) is 0.556. The summed E-state index contributed by atoms with van der Waals surface area (Å²) in [4.78, 5) is 11.2. The fourth-order valence-corrected chi connectivity index (χ4v) is 3.46. The lowest BCUT2D eigenvalue weighted by atomic mass is 10.2. The normalized spacial score (nSPS) is 20.7. The van der Waals surface area contributed by atoms with E-state index in [1.54, 1.807) is 6.07 Å². The molecule has 0 aromatic carbocycles. The second-order valence-corrected chi connectivity index (χ2v) is 5.74. The molecule has 1 saturated heterocycles. The number of thioether (sulfide) groups is 1. The first-order valence-electron chi connectivity index (χ1n) is 4.80. The SMILES string of the molecule is O=[N+]([O-])c1ccc(CNC2CCSC2)s1. The highest BCUT2D eigenvalue weighted by atomic mass is 32.2. The van der Waals surface area contributed by atoms with Gasteiger partial charge < -0.3 is 5.32 Å². The van der Waals surface area contributed by atoms with Crippen molar-refractivity contribution in [2.24, 2.45) is 0 Å². The zero-order chi connectivity index (χ0) is 10.7. The van der Waals surface area contributed by atoms with Crippen molar-refractivity contribution in [2.75, 3.05) is 11.5 Å². The summed E-state index contributed by atoms with van der Waals surface area (Å²) in [5.74, 6) is 2.38. The Balaban J connectivity index is 1.84. The second kappa shape index (κ2) is 4.96. The zero-order valence-corrected chi connectivity index (χ0v) is 9.77. The molecule has 1 N–H and O–H groups in total. The van der Waals surface area contributed by atoms with E-state index in [1.807, 2.05) is 17.8 Å². The highest BCUT2D eigenvalue weighted by Crippen LogP contribution is 2.24. The van der Waals surface area contributed by atoms with Crippen LogP contribution in [0.4, 0.5) is 5.00 Å². The van der Waals surface area contributed by atoms with Gasteiger partial charge >= 0.3 is 5.00 Å². The lowest BCUT2D eigenvalue weighted by Crippen LogP contribution is -2.27. The maximum Gasteiger partial charge on any atom is 0.324 e. The Hall–Kier alpha value is -0.590. The molecule has 2 rings (SSSR count). The minimum Gasteiger partial charge on any atom is -0.308 e. The summed E-state index contributed by atoms with van der Waals surface area (Å²) in [5, 5.41) is 14.1. The molecule has 1 fully saturated rings. The Morgan fingerprint density at radius 3 is 3.07 bits per heavy atom. The number of thiophene rings is 1. The van der Waals surface area contributed by atoms with Gasteiger partial charge in [-0.3, -0.25) is 10.1 Å². The molecule has 1 aromatic rings. The number of nitro groups is 1. The van der Waals surface area contributed by atoms with Gasteiger partial charge in [0.25, 0.3) is 0 Å². The maximum atomic E-state index is 10.5. The van der Waals surface area contributed by atoms with Crippen molar-refractivity contribution in [3.63, 3.8) is 0 Å². The number of nitrogens with one attached hydrogen (secondary N) is 1. The van der Waals surface area contributed by atoms with Crippen molar-refractivity contribution < 1.29 is 4.92 Å².